The van der Waals surface area contributed by atoms with Crippen molar-refractivity contribution in [3.05, 3.63) is 51.2 Å². The molecule has 1 atom stereocenters. The van der Waals surface area contributed by atoms with Crippen LogP contribution < -0.4 is 4.74 Å². The van der Waals surface area contributed by atoms with E-state index in [2.05, 4.69) is 0 Å². The number of carbonyl (C=O) groups is 1. The summed E-state index contributed by atoms with van der Waals surface area (Å²) in [5.41, 5.74) is 3.23. The Bertz CT molecular complexity index is 933. The SMILES string of the molecule is Cc1ccsc1CN(C(=O)COc1cccc(C)c1C)C1CCS(=O)(=O)C1. The van der Waals surface area contributed by atoms with E-state index >= 15 is 0 Å². The summed E-state index contributed by atoms with van der Waals surface area (Å²) in [6, 6.07) is 7.48. The van der Waals surface area contributed by atoms with Gasteiger partial charge in [0.25, 0.3) is 5.91 Å². The van der Waals surface area contributed by atoms with Gasteiger partial charge in [-0.3, -0.25) is 4.79 Å². The van der Waals surface area contributed by atoms with Gasteiger partial charge in [0, 0.05) is 10.9 Å². The van der Waals surface area contributed by atoms with Crippen LogP contribution in [-0.4, -0.2) is 43.4 Å². The molecule has 1 aromatic carbocycles. The van der Waals surface area contributed by atoms with E-state index in [1.54, 1.807) is 16.2 Å². The van der Waals surface area contributed by atoms with Gasteiger partial charge in [0.2, 0.25) is 0 Å². The molecule has 2 heterocycles. The molecule has 1 unspecified atom stereocenters. The lowest BCUT2D eigenvalue weighted by Gasteiger charge is -2.28. The smallest absolute Gasteiger partial charge is 0.261 e. The fraction of sp³-hybridized carbons (Fsp3) is 0.450. The first kappa shape index (κ1) is 19.9. The minimum Gasteiger partial charge on any atom is -0.483 e. The highest BCUT2D eigenvalue weighted by molar-refractivity contribution is 7.91. The molecule has 0 N–H and O–H groups in total. The van der Waals surface area contributed by atoms with Crippen molar-refractivity contribution in [2.45, 2.75) is 39.8 Å². The highest BCUT2D eigenvalue weighted by atomic mass is 32.2. The Balaban J connectivity index is 1.76. The summed E-state index contributed by atoms with van der Waals surface area (Å²) in [5.74, 6) is 0.690. The van der Waals surface area contributed by atoms with Crippen molar-refractivity contribution >= 4 is 27.1 Å². The summed E-state index contributed by atoms with van der Waals surface area (Å²) in [7, 11) is -3.07. The molecule has 1 aromatic heterocycles. The second-order valence-electron chi connectivity index (χ2n) is 7.09. The van der Waals surface area contributed by atoms with E-state index in [9.17, 15) is 13.2 Å². The Morgan fingerprint density at radius 3 is 2.63 bits per heavy atom. The summed E-state index contributed by atoms with van der Waals surface area (Å²) in [5, 5.41) is 1.99. The van der Waals surface area contributed by atoms with Crippen molar-refractivity contribution in [3.63, 3.8) is 0 Å². The highest BCUT2D eigenvalue weighted by Crippen LogP contribution is 2.25. The van der Waals surface area contributed by atoms with E-state index in [0.717, 1.165) is 21.6 Å². The third-order valence-electron chi connectivity index (χ3n) is 5.16. The molecule has 2 aromatic rings. The zero-order valence-corrected chi connectivity index (χ0v) is 17.5. The van der Waals surface area contributed by atoms with Crippen LogP contribution in [-0.2, 0) is 21.2 Å². The summed E-state index contributed by atoms with van der Waals surface area (Å²) in [6.07, 6.45) is 0.488. The molecule has 0 spiro atoms. The normalized spacial score (nSPS) is 18.4. The van der Waals surface area contributed by atoms with Gasteiger partial charge in [0.1, 0.15) is 5.75 Å². The number of sulfone groups is 1. The van der Waals surface area contributed by atoms with Gasteiger partial charge >= 0.3 is 0 Å². The lowest BCUT2D eigenvalue weighted by Crippen LogP contribution is -2.43. The lowest BCUT2D eigenvalue weighted by molar-refractivity contribution is -0.135. The summed E-state index contributed by atoms with van der Waals surface area (Å²) in [4.78, 5) is 15.7. The molecule has 0 saturated carbocycles. The summed E-state index contributed by atoms with van der Waals surface area (Å²) >= 11 is 1.59. The number of hydrogen-bond acceptors (Lipinski definition) is 5. The van der Waals surface area contributed by atoms with E-state index in [0.29, 0.717) is 18.7 Å². The average Bonchev–Trinajstić information content (AvgIpc) is 3.18. The molecule has 1 fully saturated rings. The standard InChI is InChI=1S/C20H25NO4S2/c1-14-5-4-6-18(16(14)3)25-12-20(22)21(11-19-15(2)7-9-26-19)17-8-10-27(23,24)13-17/h4-7,9,17H,8,10-13H2,1-3H3. The number of rotatable bonds is 6. The number of amides is 1. The number of aryl methyl sites for hydroxylation is 2. The zero-order valence-electron chi connectivity index (χ0n) is 15.9. The van der Waals surface area contributed by atoms with E-state index in [4.69, 9.17) is 4.74 Å². The van der Waals surface area contributed by atoms with Gasteiger partial charge in [-0.2, -0.15) is 0 Å². The third-order valence-corrected chi connectivity index (χ3v) is 7.92. The van der Waals surface area contributed by atoms with Gasteiger partial charge in [-0.25, -0.2) is 8.42 Å². The summed E-state index contributed by atoms with van der Waals surface area (Å²) in [6.45, 7) is 6.31. The Hall–Kier alpha value is -1.86. The van der Waals surface area contributed by atoms with E-state index in [1.807, 2.05) is 50.4 Å². The number of carbonyl (C=O) groups excluding carboxylic acids is 1. The van der Waals surface area contributed by atoms with Gasteiger partial charge in [-0.15, -0.1) is 11.3 Å². The molecule has 1 saturated heterocycles. The van der Waals surface area contributed by atoms with Gasteiger partial charge in [0.15, 0.2) is 16.4 Å². The maximum atomic E-state index is 13.0. The number of benzene rings is 1. The van der Waals surface area contributed by atoms with Crippen LogP contribution in [0.4, 0.5) is 0 Å². The highest BCUT2D eigenvalue weighted by Gasteiger charge is 2.35. The van der Waals surface area contributed by atoms with Crippen molar-refractivity contribution in [1.82, 2.24) is 4.90 Å². The minimum atomic E-state index is -3.07. The van der Waals surface area contributed by atoms with Crippen LogP contribution in [0, 0.1) is 20.8 Å². The van der Waals surface area contributed by atoms with E-state index in [1.165, 1.54) is 0 Å². The van der Waals surface area contributed by atoms with Crippen LogP contribution in [0.3, 0.4) is 0 Å². The predicted octanol–water partition coefficient (Wildman–Crippen LogP) is 3.27. The number of ether oxygens (including phenoxy) is 1. The molecule has 1 aliphatic heterocycles. The van der Waals surface area contributed by atoms with Crippen molar-refractivity contribution in [1.29, 1.82) is 0 Å². The van der Waals surface area contributed by atoms with Gasteiger partial charge < -0.3 is 9.64 Å². The number of hydrogen-bond donors (Lipinski definition) is 0. The zero-order chi connectivity index (χ0) is 19.6. The second-order valence-corrected chi connectivity index (χ2v) is 10.3. The monoisotopic (exact) mass is 407 g/mol. The first-order valence-electron chi connectivity index (χ1n) is 8.99. The first-order chi connectivity index (χ1) is 12.8. The Kier molecular flexibility index (Phi) is 5.91. The molecular weight excluding hydrogens is 382 g/mol. The van der Waals surface area contributed by atoms with Gasteiger partial charge in [-0.1, -0.05) is 12.1 Å². The lowest BCUT2D eigenvalue weighted by atomic mass is 10.1. The molecule has 0 aliphatic carbocycles. The molecule has 1 aliphatic rings. The molecule has 1 amide bonds. The maximum Gasteiger partial charge on any atom is 0.261 e. The summed E-state index contributed by atoms with van der Waals surface area (Å²) < 4.78 is 29.6. The number of thiophene rings is 1. The van der Waals surface area contributed by atoms with E-state index in [-0.39, 0.29) is 30.1 Å². The molecule has 0 radical (unpaired) electrons. The molecule has 5 nitrogen and oxygen atoms in total. The Labute approximate surface area is 164 Å². The van der Waals surface area contributed by atoms with Gasteiger partial charge in [0.05, 0.1) is 18.1 Å². The van der Waals surface area contributed by atoms with Crippen molar-refractivity contribution in [3.8, 4) is 5.75 Å². The Morgan fingerprint density at radius 1 is 1.22 bits per heavy atom. The predicted molar refractivity (Wildman–Crippen MR) is 108 cm³/mol. The second kappa shape index (κ2) is 8.02. The quantitative estimate of drug-likeness (QED) is 0.737. The molecule has 3 rings (SSSR count). The largest absolute Gasteiger partial charge is 0.483 e. The van der Waals surface area contributed by atoms with Crippen LogP contribution in [0.2, 0.25) is 0 Å². The van der Waals surface area contributed by atoms with Crippen LogP contribution in [0.1, 0.15) is 28.0 Å². The first-order valence-corrected chi connectivity index (χ1v) is 11.7. The Morgan fingerprint density at radius 2 is 2.00 bits per heavy atom. The van der Waals surface area contributed by atoms with Crippen LogP contribution in [0.25, 0.3) is 0 Å². The van der Waals surface area contributed by atoms with E-state index < -0.39 is 9.84 Å². The van der Waals surface area contributed by atoms with Crippen molar-refractivity contribution in [2.75, 3.05) is 18.1 Å². The maximum absolute atomic E-state index is 13.0. The molecule has 27 heavy (non-hydrogen) atoms. The van der Waals surface area contributed by atoms with Crippen molar-refractivity contribution in [2.24, 2.45) is 0 Å². The molecule has 0 bridgehead atoms. The van der Waals surface area contributed by atoms with Crippen molar-refractivity contribution < 1.29 is 17.9 Å². The fourth-order valence-electron chi connectivity index (χ4n) is 3.27. The molecule has 7 heteroatoms. The molecule has 146 valence electrons. The fourth-order valence-corrected chi connectivity index (χ4v) is 5.90. The molecular formula is C20H25NO4S2. The van der Waals surface area contributed by atoms with Crippen LogP contribution in [0.5, 0.6) is 5.75 Å². The van der Waals surface area contributed by atoms with Gasteiger partial charge in [-0.05, 0) is 61.4 Å². The minimum absolute atomic E-state index is 0.0344. The van der Waals surface area contributed by atoms with Crippen LogP contribution >= 0.6 is 11.3 Å². The average molecular weight is 408 g/mol. The van der Waals surface area contributed by atoms with Crippen LogP contribution in [0.15, 0.2) is 29.6 Å². The number of nitrogens with zero attached hydrogens (tertiary/aromatic N) is 1. The third kappa shape index (κ3) is 4.71. The topological polar surface area (TPSA) is 63.7 Å².